The molecule has 0 spiro atoms. The van der Waals surface area contributed by atoms with Gasteiger partial charge in [0.1, 0.15) is 0 Å². The monoisotopic (exact) mass is 670 g/mol. The number of rotatable bonds is 11. The van der Waals surface area contributed by atoms with Gasteiger partial charge in [0.05, 0.1) is 36.3 Å². The zero-order chi connectivity index (χ0) is 25.6. The predicted octanol–water partition coefficient (Wildman–Crippen LogP) is -9.22. The van der Waals surface area contributed by atoms with Crippen LogP contribution in [-0.2, 0) is 53.3 Å². The summed E-state index contributed by atoms with van der Waals surface area (Å²) in [7, 11) is 0. The van der Waals surface area contributed by atoms with Crippen LogP contribution in [0.2, 0.25) is 0 Å². The van der Waals surface area contributed by atoms with Crippen LogP contribution in [0.1, 0.15) is 11.1 Å². The average molecular weight is 672 g/mol. The van der Waals surface area contributed by atoms with Crippen molar-refractivity contribution < 1.29 is 95.6 Å². The maximum absolute atomic E-state index is 9.59. The number of hydrogen-bond acceptors (Lipinski definition) is 14. The van der Waals surface area contributed by atoms with Gasteiger partial charge < -0.3 is 72.1 Å². The third-order valence-electron chi connectivity index (χ3n) is 2.97. The van der Waals surface area contributed by atoms with Gasteiger partial charge in [-0.3, -0.25) is 9.97 Å². The Hall–Kier alpha value is -3.68. The summed E-state index contributed by atoms with van der Waals surface area (Å²) in [5, 5.41) is 50.4. The van der Waals surface area contributed by atoms with Gasteiger partial charge in [0.25, 0.3) is 0 Å². The van der Waals surface area contributed by atoms with Crippen molar-refractivity contribution in [1.29, 1.82) is 0 Å². The Morgan fingerprint density at radius 1 is 0.575 bits per heavy atom. The third-order valence-corrected chi connectivity index (χ3v) is 2.97. The molecule has 0 aliphatic rings. The minimum Gasteiger partial charge on any atom is -0.549 e. The number of aliphatic carboxylic acids is 4. The van der Waals surface area contributed by atoms with Gasteiger partial charge in [0, 0.05) is 51.0 Å². The minimum atomic E-state index is -1.34. The fourth-order valence-corrected chi connectivity index (χ4v) is 1.63. The topological polar surface area (TPSA) is 361 Å². The van der Waals surface area contributed by atoms with Crippen LogP contribution in [0.15, 0.2) is 59.3 Å². The molecule has 232 valence electrons. The van der Waals surface area contributed by atoms with Crippen molar-refractivity contribution in [3.8, 4) is 0 Å². The van der Waals surface area contributed by atoms with E-state index < -0.39 is 50.1 Å². The van der Waals surface area contributed by atoms with E-state index in [1.54, 1.807) is 37.2 Å². The molecule has 0 bridgehead atoms. The third kappa shape index (κ3) is 38.8. The molecule has 10 N–H and O–H groups in total. The molecule has 2 radical (unpaired) electrons. The molecule has 0 atom stereocenters. The van der Waals surface area contributed by atoms with Crippen LogP contribution in [-0.4, -0.2) is 94.4 Å². The van der Waals surface area contributed by atoms with E-state index in [4.69, 9.17) is 0 Å². The molecule has 0 aliphatic carbocycles. The summed E-state index contributed by atoms with van der Waals surface area (Å²) in [4.78, 5) is 46.2. The first kappa shape index (κ1) is 52.7. The Morgan fingerprint density at radius 2 is 0.800 bits per heavy atom. The Kier molecular flexibility index (Phi) is 46.5. The van der Waals surface area contributed by atoms with Crippen molar-refractivity contribution in [1.82, 2.24) is 20.6 Å². The Morgan fingerprint density at radius 3 is 1.00 bits per heavy atom. The van der Waals surface area contributed by atoms with E-state index in [0.29, 0.717) is 0 Å². The van der Waals surface area contributed by atoms with Crippen molar-refractivity contribution in [2.45, 2.75) is 0 Å². The molecule has 20 heteroatoms. The molecular weight excluding hydrogens is 643 g/mol. The number of nitrogens with one attached hydrogen (secondary N) is 2. The zero-order valence-electron chi connectivity index (χ0n) is 20.3. The minimum absolute atomic E-state index is 0. The number of carbonyl (C=O) groups excluding carboxylic acids is 4. The molecule has 0 fully saturated rings. The molecule has 18 nitrogen and oxygen atoms in total. The van der Waals surface area contributed by atoms with Gasteiger partial charge >= 0.3 is 34.1 Å². The quantitative estimate of drug-likeness (QED) is 0.128. The number of pyridine rings is 2. The first-order valence-corrected chi connectivity index (χ1v) is 9.28. The summed E-state index contributed by atoms with van der Waals surface area (Å²) >= 11 is 0. The van der Waals surface area contributed by atoms with Gasteiger partial charge in [-0.2, -0.15) is 10.2 Å². The average Bonchev–Trinajstić information content (AvgIpc) is 2.78. The molecule has 40 heavy (non-hydrogen) atoms. The molecule has 0 aliphatic heterocycles. The largest absolute Gasteiger partial charge is 2.00 e. The molecule has 0 saturated carbocycles. The number of carboxylic acids is 4. The van der Waals surface area contributed by atoms with E-state index in [9.17, 15) is 39.6 Å². The standard InChI is InChI=1S/C12H10N4.2C4H7NO4.2Cu.4H2O/c1-5-13-6-2-11(1)9-15-16-10-12-3-7-14-8-4-12;2*6-3(7)1-5-2-4(8)9;;;;;;/h1-10H;2*5H,1-2H2,(H,6,7)(H,8,9);;;4*1H2/q;;;2*+2;;;;/p-4/b15-9+,16-10+;;;;;;;;. The molecule has 0 amide bonds. The van der Waals surface area contributed by atoms with Crippen LogP contribution in [0.25, 0.3) is 0 Å². The second kappa shape index (κ2) is 35.3. The maximum Gasteiger partial charge on any atom is 2.00 e. The first-order valence-electron chi connectivity index (χ1n) is 9.28. The predicted molar refractivity (Wildman–Crippen MR) is 124 cm³/mol. The van der Waals surface area contributed by atoms with Crippen LogP contribution in [0.5, 0.6) is 0 Å². The SMILES string of the molecule is C(=N\N=C\c1ccncc1)/c1ccncc1.O.O.O.O.O=C([O-])CNCC(=O)[O-].O=C([O-])CNCC(=O)[O-].[Cu+2].[Cu+2]. The van der Waals surface area contributed by atoms with Gasteiger partial charge in [-0.1, -0.05) is 0 Å². The second-order valence-electron chi connectivity index (χ2n) is 5.75. The van der Waals surface area contributed by atoms with E-state index in [2.05, 4.69) is 30.8 Å². The molecular formula is C20H28Cu2N6O12. The first-order chi connectivity index (χ1) is 16.2. The van der Waals surface area contributed by atoms with Crippen molar-refractivity contribution in [3.63, 3.8) is 0 Å². The van der Waals surface area contributed by atoms with Crippen molar-refractivity contribution in [2.24, 2.45) is 10.2 Å². The summed E-state index contributed by atoms with van der Waals surface area (Å²) < 4.78 is 0. The van der Waals surface area contributed by atoms with E-state index in [0.717, 1.165) is 11.1 Å². The molecule has 2 rings (SSSR count). The molecule has 0 unspecified atom stereocenters. The normalized spacial score (nSPS) is 8.50. The van der Waals surface area contributed by atoms with Crippen LogP contribution < -0.4 is 31.1 Å². The van der Waals surface area contributed by atoms with E-state index in [1.807, 2.05) is 24.3 Å². The zero-order valence-corrected chi connectivity index (χ0v) is 22.1. The Labute approximate surface area is 248 Å². The van der Waals surface area contributed by atoms with E-state index in [-0.39, 0.29) is 56.0 Å². The fraction of sp³-hybridized carbons (Fsp3) is 0.200. The molecule has 0 aromatic carbocycles. The summed E-state index contributed by atoms with van der Waals surface area (Å²) in [5.41, 5.74) is 1.95. The smallest absolute Gasteiger partial charge is 0.549 e. The number of carbonyl (C=O) groups is 4. The van der Waals surface area contributed by atoms with Gasteiger partial charge in [-0.05, 0) is 35.4 Å². The number of hydrogen-bond donors (Lipinski definition) is 2. The summed E-state index contributed by atoms with van der Waals surface area (Å²) in [6, 6.07) is 7.47. The van der Waals surface area contributed by atoms with E-state index in [1.165, 1.54) is 0 Å². The fourth-order valence-electron chi connectivity index (χ4n) is 1.63. The van der Waals surface area contributed by atoms with Gasteiger partial charge in [0.2, 0.25) is 0 Å². The van der Waals surface area contributed by atoms with Crippen LogP contribution in [0, 0.1) is 0 Å². The second-order valence-corrected chi connectivity index (χ2v) is 5.75. The Balaban J connectivity index is -0.0000000808. The summed E-state index contributed by atoms with van der Waals surface area (Å²) in [6.07, 6.45) is 10.2. The van der Waals surface area contributed by atoms with Gasteiger partial charge in [-0.25, -0.2) is 0 Å². The Bertz CT molecular complexity index is 852. The molecule has 2 heterocycles. The summed E-state index contributed by atoms with van der Waals surface area (Å²) in [6.45, 7) is -1.86. The van der Waals surface area contributed by atoms with Crippen molar-refractivity contribution in [2.75, 3.05) is 26.2 Å². The van der Waals surface area contributed by atoms with E-state index >= 15 is 0 Å². The number of carboxylic acid groups (broad SMARTS) is 4. The molecule has 2 aromatic rings. The maximum atomic E-state index is 9.59. The summed E-state index contributed by atoms with van der Waals surface area (Å²) in [5.74, 6) is -5.35. The van der Waals surface area contributed by atoms with Crippen molar-refractivity contribution >= 4 is 36.3 Å². The van der Waals surface area contributed by atoms with Crippen LogP contribution in [0.3, 0.4) is 0 Å². The van der Waals surface area contributed by atoms with Crippen LogP contribution >= 0.6 is 0 Å². The van der Waals surface area contributed by atoms with Gasteiger partial charge in [0.15, 0.2) is 0 Å². The van der Waals surface area contributed by atoms with Crippen LogP contribution in [0.4, 0.5) is 0 Å². The van der Waals surface area contributed by atoms with Gasteiger partial charge in [-0.15, -0.1) is 0 Å². The van der Waals surface area contributed by atoms with Crippen molar-refractivity contribution in [3.05, 3.63) is 60.2 Å². The molecule has 0 saturated heterocycles. The number of nitrogens with zero attached hydrogens (tertiary/aromatic N) is 4. The number of aromatic nitrogens is 2. The molecule has 2 aromatic heterocycles.